The minimum Gasteiger partial charge on any atom is -0.355 e. The van der Waals surface area contributed by atoms with E-state index in [1.54, 1.807) is 27.3 Å². The number of aromatic nitrogens is 2. The number of nitrogens with zero attached hydrogens (tertiary/aromatic N) is 4. The fraction of sp³-hybridized carbons (Fsp3) is 0.407. The van der Waals surface area contributed by atoms with Crippen LogP contribution >= 0.6 is 0 Å². The number of hydrogen-bond acceptors (Lipinski definition) is 6. The minimum absolute atomic E-state index is 0.161. The largest absolute Gasteiger partial charge is 0.355 e. The molecule has 1 aromatic heterocycles. The second-order valence-electron chi connectivity index (χ2n) is 9.87. The first-order valence-electron chi connectivity index (χ1n) is 12.6. The molecule has 1 saturated heterocycles. The molecule has 0 unspecified atom stereocenters. The molecule has 2 aromatic carbocycles. The Balaban J connectivity index is 1.68. The Morgan fingerprint density at radius 1 is 1.22 bits per heavy atom. The van der Waals surface area contributed by atoms with Crippen LogP contribution in [0.1, 0.15) is 43.5 Å². The number of anilines is 2. The molecule has 0 radical (unpaired) electrons. The van der Waals surface area contributed by atoms with Crippen molar-refractivity contribution in [1.82, 2.24) is 19.0 Å². The van der Waals surface area contributed by atoms with Gasteiger partial charge in [-0.15, -0.1) is 0 Å². The summed E-state index contributed by atoms with van der Waals surface area (Å²) in [6.45, 7) is 11.0. The van der Waals surface area contributed by atoms with Gasteiger partial charge in [0.05, 0.1) is 6.20 Å². The summed E-state index contributed by atoms with van der Waals surface area (Å²) < 4.78 is 43.5. The maximum absolute atomic E-state index is 13.5. The first-order valence-corrected chi connectivity index (χ1v) is 14.0. The van der Waals surface area contributed by atoms with E-state index >= 15 is 0 Å². The third-order valence-electron chi connectivity index (χ3n) is 6.70. The van der Waals surface area contributed by atoms with Crippen LogP contribution in [-0.4, -0.2) is 59.8 Å². The number of hydrogen-bond donors (Lipinski definition) is 2. The maximum Gasteiger partial charge on any atom is 0.246 e. The highest BCUT2D eigenvalue weighted by atomic mass is 32.2. The topological polar surface area (TPSA) is 94.3 Å². The Bertz CT molecular complexity index is 1350. The van der Waals surface area contributed by atoms with E-state index in [0.717, 1.165) is 29.0 Å². The van der Waals surface area contributed by atoms with E-state index in [4.69, 9.17) is 5.41 Å². The monoisotopic (exact) mass is 526 g/mol. The van der Waals surface area contributed by atoms with Crippen molar-refractivity contribution in [3.05, 3.63) is 71.3 Å². The van der Waals surface area contributed by atoms with Gasteiger partial charge >= 0.3 is 0 Å². The van der Waals surface area contributed by atoms with Gasteiger partial charge in [-0.25, -0.2) is 12.8 Å². The van der Waals surface area contributed by atoms with Gasteiger partial charge in [-0.2, -0.15) is 9.40 Å². The van der Waals surface area contributed by atoms with Gasteiger partial charge in [0.2, 0.25) is 10.0 Å². The molecule has 1 aliphatic heterocycles. The molecule has 1 atom stereocenters. The summed E-state index contributed by atoms with van der Waals surface area (Å²) in [5.41, 5.74) is 4.13. The van der Waals surface area contributed by atoms with Crippen LogP contribution in [0.5, 0.6) is 0 Å². The van der Waals surface area contributed by atoms with Crippen molar-refractivity contribution >= 4 is 27.6 Å². The summed E-state index contributed by atoms with van der Waals surface area (Å²) >= 11 is 0. The van der Waals surface area contributed by atoms with Crippen LogP contribution in [0.3, 0.4) is 0 Å². The van der Waals surface area contributed by atoms with Crippen molar-refractivity contribution < 1.29 is 12.8 Å². The molecule has 10 heteroatoms. The number of sulfonamides is 1. The number of nitrogens with one attached hydrogen (secondary N) is 2. The van der Waals surface area contributed by atoms with Crippen molar-refractivity contribution in [2.24, 2.45) is 5.92 Å². The number of aryl methyl sites for hydroxylation is 2. The molecule has 1 fully saturated rings. The van der Waals surface area contributed by atoms with Gasteiger partial charge in [0.15, 0.2) is 0 Å². The number of halogens is 1. The molecule has 8 nitrogen and oxygen atoms in total. The maximum atomic E-state index is 13.5. The lowest BCUT2D eigenvalue weighted by Crippen LogP contribution is -2.51. The molecule has 0 spiro atoms. The molecule has 4 rings (SSSR count). The van der Waals surface area contributed by atoms with Crippen LogP contribution < -0.4 is 5.32 Å². The molecular formula is C27H35FN6O2S. The Morgan fingerprint density at radius 3 is 2.57 bits per heavy atom. The van der Waals surface area contributed by atoms with Gasteiger partial charge in [-0.3, -0.25) is 9.58 Å². The van der Waals surface area contributed by atoms with Crippen LogP contribution in [0.25, 0.3) is 0 Å². The Labute approximate surface area is 218 Å². The molecule has 2 N–H and O–H groups in total. The summed E-state index contributed by atoms with van der Waals surface area (Å²) in [6.07, 6.45) is 4.29. The van der Waals surface area contributed by atoms with Gasteiger partial charge in [0.1, 0.15) is 10.7 Å². The van der Waals surface area contributed by atoms with Gasteiger partial charge in [0, 0.05) is 68.1 Å². The SMILES string of the molecule is CCn1cc(S(=O)(=O)N2CCN(CC(C)C)[C@@H](c3cc(C=N)c(Nc4ccc(F)cc4)cc3C)C2)cn1. The van der Waals surface area contributed by atoms with E-state index in [2.05, 4.69) is 29.2 Å². The molecule has 3 aromatic rings. The summed E-state index contributed by atoms with van der Waals surface area (Å²) in [6, 6.07) is 9.87. The lowest BCUT2D eigenvalue weighted by Gasteiger charge is -2.42. The molecule has 0 aliphatic carbocycles. The van der Waals surface area contributed by atoms with Gasteiger partial charge in [0.25, 0.3) is 0 Å². The first-order chi connectivity index (χ1) is 17.6. The highest BCUT2D eigenvalue weighted by Gasteiger charge is 2.36. The molecular weight excluding hydrogens is 491 g/mol. The zero-order chi connectivity index (χ0) is 26.7. The van der Waals surface area contributed by atoms with Crippen molar-refractivity contribution in [2.75, 3.05) is 31.5 Å². The zero-order valence-electron chi connectivity index (χ0n) is 21.8. The van der Waals surface area contributed by atoms with E-state index in [9.17, 15) is 12.8 Å². The zero-order valence-corrected chi connectivity index (χ0v) is 22.6. The van der Waals surface area contributed by atoms with E-state index < -0.39 is 10.0 Å². The Kier molecular flexibility index (Phi) is 8.11. The summed E-state index contributed by atoms with van der Waals surface area (Å²) in [4.78, 5) is 2.55. The van der Waals surface area contributed by atoms with E-state index in [0.29, 0.717) is 37.7 Å². The van der Waals surface area contributed by atoms with Crippen molar-refractivity contribution in [1.29, 1.82) is 5.41 Å². The Hall–Kier alpha value is -3.08. The lowest BCUT2D eigenvalue weighted by molar-refractivity contribution is 0.105. The second kappa shape index (κ2) is 11.1. The highest BCUT2D eigenvalue weighted by Crippen LogP contribution is 2.34. The average Bonchev–Trinajstić information content (AvgIpc) is 3.36. The molecule has 1 aliphatic rings. The molecule has 0 saturated carbocycles. The predicted molar refractivity (Wildman–Crippen MR) is 145 cm³/mol. The second-order valence-corrected chi connectivity index (χ2v) is 11.8. The van der Waals surface area contributed by atoms with Gasteiger partial charge in [-0.1, -0.05) is 13.8 Å². The van der Waals surface area contributed by atoms with Crippen LogP contribution in [0.15, 0.2) is 53.7 Å². The normalized spacial score (nSPS) is 17.3. The van der Waals surface area contributed by atoms with Crippen LogP contribution in [0.2, 0.25) is 0 Å². The first kappa shape index (κ1) is 27.0. The number of benzene rings is 2. The Morgan fingerprint density at radius 2 is 1.95 bits per heavy atom. The number of rotatable bonds is 9. The number of piperazine rings is 1. The van der Waals surface area contributed by atoms with Crippen molar-refractivity contribution in [2.45, 2.75) is 45.2 Å². The molecule has 198 valence electrons. The van der Waals surface area contributed by atoms with Crippen LogP contribution in [-0.2, 0) is 16.6 Å². The standard InChI is InChI=1S/C27H35FN6O2S/c1-5-33-17-24(15-30-33)37(35,36)34-11-10-32(16-19(2)3)27(18-34)25-13-21(14-29)26(12-20(25)4)31-23-8-6-22(28)7-9-23/h6-9,12-15,17,19,27,29,31H,5,10-11,16,18H2,1-4H3/t27-/m1/s1. The third-order valence-corrected chi connectivity index (χ3v) is 8.52. The highest BCUT2D eigenvalue weighted by molar-refractivity contribution is 7.89. The minimum atomic E-state index is -3.69. The van der Waals surface area contributed by atoms with Gasteiger partial charge < -0.3 is 10.7 Å². The van der Waals surface area contributed by atoms with Gasteiger partial charge in [-0.05, 0) is 67.3 Å². The fourth-order valence-electron chi connectivity index (χ4n) is 4.81. The quantitative estimate of drug-likeness (QED) is 0.391. The van der Waals surface area contributed by atoms with E-state index in [1.807, 2.05) is 26.0 Å². The smallest absolute Gasteiger partial charge is 0.246 e. The molecule has 37 heavy (non-hydrogen) atoms. The third kappa shape index (κ3) is 5.92. The van der Waals surface area contributed by atoms with Crippen molar-refractivity contribution in [3.8, 4) is 0 Å². The van der Waals surface area contributed by atoms with Crippen molar-refractivity contribution in [3.63, 3.8) is 0 Å². The van der Waals surface area contributed by atoms with E-state index in [-0.39, 0.29) is 16.8 Å². The lowest BCUT2D eigenvalue weighted by atomic mass is 9.94. The fourth-order valence-corrected chi connectivity index (χ4v) is 6.21. The molecule has 2 heterocycles. The van der Waals surface area contributed by atoms with Crippen LogP contribution in [0, 0.1) is 24.1 Å². The predicted octanol–water partition coefficient (Wildman–Crippen LogP) is 4.80. The summed E-state index contributed by atoms with van der Waals surface area (Å²) in [7, 11) is -3.69. The average molecular weight is 527 g/mol. The molecule has 0 amide bonds. The molecule has 0 bridgehead atoms. The van der Waals surface area contributed by atoms with E-state index in [1.165, 1.54) is 24.5 Å². The van der Waals surface area contributed by atoms with Crippen LogP contribution in [0.4, 0.5) is 15.8 Å². The summed E-state index contributed by atoms with van der Waals surface area (Å²) in [5.74, 6) is 0.101. The summed E-state index contributed by atoms with van der Waals surface area (Å²) in [5, 5.41) is 15.5.